The van der Waals surface area contributed by atoms with Crippen molar-refractivity contribution < 1.29 is 4.79 Å². The number of aromatic nitrogens is 1. The van der Waals surface area contributed by atoms with Crippen LogP contribution >= 0.6 is 15.9 Å². The van der Waals surface area contributed by atoms with Crippen LogP contribution in [-0.2, 0) is 11.3 Å². The van der Waals surface area contributed by atoms with E-state index in [1.807, 2.05) is 48.5 Å². The van der Waals surface area contributed by atoms with Crippen molar-refractivity contribution in [2.45, 2.75) is 13.5 Å². The maximum absolute atomic E-state index is 12.6. The Balaban J connectivity index is 1.96. The van der Waals surface area contributed by atoms with Gasteiger partial charge in [0.05, 0.1) is 6.54 Å². The van der Waals surface area contributed by atoms with E-state index in [4.69, 9.17) is 0 Å². The third kappa shape index (κ3) is 3.51. The maximum Gasteiger partial charge on any atom is 0.258 e. The molecular formula is C18H15BrN2O2. The molecule has 4 nitrogen and oxygen atoms in total. The van der Waals surface area contributed by atoms with Crippen molar-refractivity contribution in [2.24, 2.45) is 0 Å². The average Bonchev–Trinajstić information content (AvgIpc) is 2.50. The molecule has 1 heterocycles. The molecule has 1 N–H and O–H groups in total. The molecular weight excluding hydrogens is 356 g/mol. The third-order valence-electron chi connectivity index (χ3n) is 3.54. The Hall–Kier alpha value is -2.40. The second kappa shape index (κ2) is 6.38. The van der Waals surface area contributed by atoms with E-state index in [-0.39, 0.29) is 11.5 Å². The zero-order valence-electron chi connectivity index (χ0n) is 12.5. The normalized spacial score (nSPS) is 10.7. The minimum Gasteiger partial charge on any atom is -0.326 e. The molecule has 23 heavy (non-hydrogen) atoms. The molecule has 0 saturated heterocycles. The average molecular weight is 371 g/mol. The molecule has 1 amide bonds. The second-order valence-corrected chi connectivity index (χ2v) is 6.28. The number of hydrogen-bond acceptors (Lipinski definition) is 2. The SMILES string of the molecule is CC(=O)Nc1cccc(Cn2ccc3cc(Br)ccc3c2=O)c1. The van der Waals surface area contributed by atoms with Gasteiger partial charge in [0.25, 0.3) is 5.56 Å². The van der Waals surface area contributed by atoms with E-state index < -0.39 is 0 Å². The van der Waals surface area contributed by atoms with Gasteiger partial charge < -0.3 is 9.88 Å². The molecule has 116 valence electrons. The predicted octanol–water partition coefficient (Wildman–Crippen LogP) is 3.77. The van der Waals surface area contributed by atoms with Gasteiger partial charge in [-0.05, 0) is 47.3 Å². The quantitative estimate of drug-likeness (QED) is 0.762. The van der Waals surface area contributed by atoms with Crippen molar-refractivity contribution in [3.63, 3.8) is 0 Å². The van der Waals surface area contributed by atoms with E-state index in [1.165, 1.54) is 6.92 Å². The largest absolute Gasteiger partial charge is 0.326 e. The number of pyridine rings is 1. The van der Waals surface area contributed by atoms with Gasteiger partial charge in [-0.25, -0.2) is 0 Å². The molecule has 0 saturated carbocycles. The summed E-state index contributed by atoms with van der Waals surface area (Å²) >= 11 is 3.41. The lowest BCUT2D eigenvalue weighted by Gasteiger charge is -2.09. The zero-order valence-corrected chi connectivity index (χ0v) is 14.1. The number of rotatable bonds is 3. The Morgan fingerprint density at radius 3 is 2.78 bits per heavy atom. The van der Waals surface area contributed by atoms with Gasteiger partial charge in [0.2, 0.25) is 5.91 Å². The van der Waals surface area contributed by atoms with Crippen LogP contribution in [0.3, 0.4) is 0 Å². The van der Waals surface area contributed by atoms with Crippen molar-refractivity contribution in [2.75, 3.05) is 5.32 Å². The van der Waals surface area contributed by atoms with Crippen LogP contribution in [0.1, 0.15) is 12.5 Å². The number of fused-ring (bicyclic) bond motifs is 1. The number of nitrogens with zero attached hydrogens (tertiary/aromatic N) is 1. The first-order valence-electron chi connectivity index (χ1n) is 7.18. The fourth-order valence-electron chi connectivity index (χ4n) is 2.53. The summed E-state index contributed by atoms with van der Waals surface area (Å²) in [6.45, 7) is 1.93. The van der Waals surface area contributed by atoms with Crippen molar-refractivity contribution in [3.05, 3.63) is 75.1 Å². The number of carbonyl (C=O) groups excluding carboxylic acids is 1. The summed E-state index contributed by atoms with van der Waals surface area (Å²) in [4.78, 5) is 23.7. The van der Waals surface area contributed by atoms with E-state index in [0.717, 1.165) is 21.1 Å². The summed E-state index contributed by atoms with van der Waals surface area (Å²) in [6.07, 6.45) is 1.79. The first kappa shape index (κ1) is 15.5. The Morgan fingerprint density at radius 2 is 2.00 bits per heavy atom. The van der Waals surface area contributed by atoms with Gasteiger partial charge in [0, 0.05) is 28.7 Å². The van der Waals surface area contributed by atoms with Crippen LogP contribution in [0.25, 0.3) is 10.8 Å². The van der Waals surface area contributed by atoms with Crippen molar-refractivity contribution in [3.8, 4) is 0 Å². The number of benzene rings is 2. The van der Waals surface area contributed by atoms with Gasteiger partial charge >= 0.3 is 0 Å². The standard InChI is InChI=1S/C18H15BrN2O2/c1-12(22)20-16-4-2-3-13(9-16)11-21-8-7-14-10-15(19)5-6-17(14)18(21)23/h2-10H,11H2,1H3,(H,20,22). The smallest absolute Gasteiger partial charge is 0.258 e. The lowest BCUT2D eigenvalue weighted by Crippen LogP contribution is -2.20. The Kier molecular flexibility index (Phi) is 4.30. The van der Waals surface area contributed by atoms with E-state index in [2.05, 4.69) is 21.2 Å². The van der Waals surface area contributed by atoms with Crippen LogP contribution < -0.4 is 10.9 Å². The molecule has 1 aromatic heterocycles. The van der Waals surface area contributed by atoms with Crippen LogP contribution in [0.15, 0.2) is 64.0 Å². The molecule has 0 bridgehead atoms. The molecule has 0 spiro atoms. The number of carbonyl (C=O) groups is 1. The molecule has 3 aromatic rings. The third-order valence-corrected chi connectivity index (χ3v) is 4.03. The van der Waals surface area contributed by atoms with Gasteiger partial charge in [-0.15, -0.1) is 0 Å². The minimum absolute atomic E-state index is 0.0278. The van der Waals surface area contributed by atoms with Gasteiger partial charge in [-0.2, -0.15) is 0 Å². The number of nitrogens with one attached hydrogen (secondary N) is 1. The highest BCUT2D eigenvalue weighted by Crippen LogP contribution is 2.17. The van der Waals surface area contributed by atoms with Crippen LogP contribution in [0, 0.1) is 0 Å². The van der Waals surface area contributed by atoms with Crippen LogP contribution in [0.4, 0.5) is 5.69 Å². The summed E-state index contributed by atoms with van der Waals surface area (Å²) in [7, 11) is 0. The van der Waals surface area contributed by atoms with Gasteiger partial charge in [0.1, 0.15) is 0 Å². The van der Waals surface area contributed by atoms with E-state index in [1.54, 1.807) is 10.8 Å². The summed E-state index contributed by atoms with van der Waals surface area (Å²) < 4.78 is 2.62. The van der Waals surface area contributed by atoms with E-state index >= 15 is 0 Å². The molecule has 0 fully saturated rings. The molecule has 0 aliphatic carbocycles. The Labute approximate surface area is 141 Å². The number of halogens is 1. The van der Waals surface area contributed by atoms with Crippen molar-refractivity contribution in [1.82, 2.24) is 4.57 Å². The monoisotopic (exact) mass is 370 g/mol. The van der Waals surface area contributed by atoms with E-state index in [9.17, 15) is 9.59 Å². The van der Waals surface area contributed by atoms with Gasteiger partial charge in [0.15, 0.2) is 0 Å². The molecule has 0 aliphatic rings. The highest BCUT2D eigenvalue weighted by Gasteiger charge is 2.05. The molecule has 2 aromatic carbocycles. The molecule has 0 atom stereocenters. The van der Waals surface area contributed by atoms with Crippen LogP contribution in [0.5, 0.6) is 0 Å². The molecule has 3 rings (SSSR count). The van der Waals surface area contributed by atoms with Crippen LogP contribution in [-0.4, -0.2) is 10.5 Å². The Morgan fingerprint density at radius 1 is 1.17 bits per heavy atom. The summed E-state index contributed by atoms with van der Waals surface area (Å²) in [5.41, 5.74) is 1.66. The first-order chi connectivity index (χ1) is 11.0. The van der Waals surface area contributed by atoms with Crippen LogP contribution in [0.2, 0.25) is 0 Å². The fraction of sp³-hybridized carbons (Fsp3) is 0.111. The number of hydrogen-bond donors (Lipinski definition) is 1. The molecule has 0 radical (unpaired) electrons. The second-order valence-electron chi connectivity index (χ2n) is 5.36. The zero-order chi connectivity index (χ0) is 16.4. The number of anilines is 1. The van der Waals surface area contributed by atoms with Gasteiger partial charge in [-0.1, -0.05) is 28.1 Å². The molecule has 0 unspecified atom stereocenters. The van der Waals surface area contributed by atoms with E-state index in [0.29, 0.717) is 11.9 Å². The fourth-order valence-corrected chi connectivity index (χ4v) is 2.91. The maximum atomic E-state index is 12.6. The minimum atomic E-state index is -0.115. The summed E-state index contributed by atoms with van der Waals surface area (Å²) in [5.74, 6) is -0.115. The molecule has 5 heteroatoms. The lowest BCUT2D eigenvalue weighted by atomic mass is 10.1. The number of amides is 1. The summed E-state index contributed by atoms with van der Waals surface area (Å²) in [6, 6.07) is 15.0. The summed E-state index contributed by atoms with van der Waals surface area (Å²) in [5, 5.41) is 4.35. The van der Waals surface area contributed by atoms with Crippen molar-refractivity contribution in [1.29, 1.82) is 0 Å². The van der Waals surface area contributed by atoms with Crippen molar-refractivity contribution >= 4 is 38.3 Å². The highest BCUT2D eigenvalue weighted by molar-refractivity contribution is 9.10. The topological polar surface area (TPSA) is 51.1 Å². The Bertz CT molecular complexity index is 947. The highest BCUT2D eigenvalue weighted by atomic mass is 79.9. The molecule has 0 aliphatic heterocycles. The first-order valence-corrected chi connectivity index (χ1v) is 7.97. The lowest BCUT2D eigenvalue weighted by molar-refractivity contribution is -0.114. The van der Waals surface area contributed by atoms with Gasteiger partial charge in [-0.3, -0.25) is 9.59 Å². The predicted molar refractivity (Wildman–Crippen MR) is 95.8 cm³/mol.